The van der Waals surface area contributed by atoms with Crippen LogP contribution in [0.4, 0.5) is 0 Å². The zero-order valence-electron chi connectivity index (χ0n) is 9.10. The van der Waals surface area contributed by atoms with E-state index in [2.05, 4.69) is 12.8 Å². The third-order valence-corrected chi connectivity index (χ3v) is 2.48. The smallest absolute Gasteiger partial charge is 0.266 e. The summed E-state index contributed by atoms with van der Waals surface area (Å²) >= 11 is 4.03. The lowest BCUT2D eigenvalue weighted by Crippen LogP contribution is -2.22. The van der Waals surface area contributed by atoms with Crippen molar-refractivity contribution >= 4 is 22.9 Å². The SMILES string of the molecule is CC.CCCCN(S)CCS(=O)(=O)O. The second kappa shape index (κ2) is 9.76. The van der Waals surface area contributed by atoms with E-state index < -0.39 is 10.1 Å². The summed E-state index contributed by atoms with van der Waals surface area (Å²) < 4.78 is 30.6. The van der Waals surface area contributed by atoms with Crippen molar-refractivity contribution < 1.29 is 13.0 Å². The van der Waals surface area contributed by atoms with Crippen LogP contribution in [-0.2, 0) is 10.1 Å². The molecule has 0 saturated heterocycles. The van der Waals surface area contributed by atoms with Crippen LogP contribution in [0.1, 0.15) is 33.6 Å². The molecule has 0 radical (unpaired) electrons. The van der Waals surface area contributed by atoms with Crippen LogP contribution >= 0.6 is 12.8 Å². The van der Waals surface area contributed by atoms with Gasteiger partial charge < -0.3 is 0 Å². The molecule has 0 aliphatic rings. The van der Waals surface area contributed by atoms with Crippen LogP contribution in [0.5, 0.6) is 0 Å². The molecule has 0 spiro atoms. The third kappa shape index (κ3) is 14.7. The summed E-state index contributed by atoms with van der Waals surface area (Å²) in [6.45, 7) is 7.06. The van der Waals surface area contributed by atoms with Crippen LogP contribution in [-0.4, -0.2) is 36.1 Å². The number of rotatable bonds is 6. The van der Waals surface area contributed by atoms with Gasteiger partial charge in [0.25, 0.3) is 10.1 Å². The van der Waals surface area contributed by atoms with E-state index in [0.717, 1.165) is 19.4 Å². The highest BCUT2D eigenvalue weighted by Gasteiger charge is 2.06. The van der Waals surface area contributed by atoms with E-state index in [0.29, 0.717) is 0 Å². The molecule has 0 atom stereocenters. The van der Waals surface area contributed by atoms with E-state index in [1.807, 2.05) is 20.8 Å². The van der Waals surface area contributed by atoms with Crippen molar-refractivity contribution in [1.29, 1.82) is 0 Å². The Morgan fingerprint density at radius 2 is 1.79 bits per heavy atom. The Labute approximate surface area is 93.0 Å². The van der Waals surface area contributed by atoms with Crippen molar-refractivity contribution in [2.75, 3.05) is 18.8 Å². The van der Waals surface area contributed by atoms with Gasteiger partial charge in [-0.3, -0.25) is 8.86 Å². The zero-order valence-corrected chi connectivity index (χ0v) is 10.8. The van der Waals surface area contributed by atoms with E-state index in [1.54, 1.807) is 4.31 Å². The molecular formula is C8H21NO3S2. The van der Waals surface area contributed by atoms with Crippen LogP contribution in [0.2, 0.25) is 0 Å². The predicted octanol–water partition coefficient (Wildman–Crippen LogP) is 1.85. The molecule has 0 aromatic rings. The van der Waals surface area contributed by atoms with Gasteiger partial charge in [-0.25, -0.2) is 0 Å². The van der Waals surface area contributed by atoms with Gasteiger partial charge in [0.15, 0.2) is 0 Å². The Morgan fingerprint density at radius 1 is 1.29 bits per heavy atom. The average molecular weight is 243 g/mol. The first kappa shape index (κ1) is 16.6. The normalized spacial score (nSPS) is 11.0. The monoisotopic (exact) mass is 243 g/mol. The minimum absolute atomic E-state index is 0.250. The van der Waals surface area contributed by atoms with Crippen molar-refractivity contribution in [2.24, 2.45) is 0 Å². The molecule has 0 saturated carbocycles. The minimum atomic E-state index is -3.83. The maximum atomic E-state index is 10.3. The van der Waals surface area contributed by atoms with Crippen LogP contribution < -0.4 is 0 Å². The maximum absolute atomic E-state index is 10.3. The number of hydrogen-bond acceptors (Lipinski definition) is 4. The number of hydrogen-bond donors (Lipinski definition) is 2. The van der Waals surface area contributed by atoms with Crippen LogP contribution in [0, 0.1) is 0 Å². The summed E-state index contributed by atoms with van der Waals surface area (Å²) in [7, 11) is -3.83. The molecule has 4 nitrogen and oxygen atoms in total. The van der Waals surface area contributed by atoms with Crippen molar-refractivity contribution in [1.82, 2.24) is 4.31 Å². The molecule has 0 fully saturated rings. The summed E-state index contributed by atoms with van der Waals surface area (Å²) in [6.07, 6.45) is 2.03. The van der Waals surface area contributed by atoms with Crippen molar-refractivity contribution in [2.45, 2.75) is 33.6 Å². The van der Waals surface area contributed by atoms with Crippen LogP contribution in [0.25, 0.3) is 0 Å². The topological polar surface area (TPSA) is 57.6 Å². The van der Waals surface area contributed by atoms with E-state index >= 15 is 0 Å². The molecule has 6 heteroatoms. The summed E-state index contributed by atoms with van der Waals surface area (Å²) in [6, 6.07) is 0. The van der Waals surface area contributed by atoms with Gasteiger partial charge >= 0.3 is 0 Å². The molecule has 14 heavy (non-hydrogen) atoms. The molecule has 0 aromatic heterocycles. The van der Waals surface area contributed by atoms with Crippen molar-refractivity contribution in [3.8, 4) is 0 Å². The highest BCUT2D eigenvalue weighted by Crippen LogP contribution is 1.98. The quantitative estimate of drug-likeness (QED) is 0.552. The fourth-order valence-corrected chi connectivity index (χ4v) is 1.50. The molecular weight excluding hydrogens is 222 g/mol. The lowest BCUT2D eigenvalue weighted by molar-refractivity contribution is 0.453. The maximum Gasteiger partial charge on any atom is 0.266 e. The highest BCUT2D eigenvalue weighted by atomic mass is 32.2. The Balaban J connectivity index is 0. The number of unbranched alkanes of at least 4 members (excludes halogenated alkanes) is 1. The van der Waals surface area contributed by atoms with E-state index in [4.69, 9.17) is 4.55 Å². The van der Waals surface area contributed by atoms with E-state index in [1.165, 1.54) is 0 Å². The van der Waals surface area contributed by atoms with E-state index in [-0.39, 0.29) is 12.3 Å². The van der Waals surface area contributed by atoms with Crippen LogP contribution in [0.15, 0.2) is 0 Å². The first-order valence-corrected chi connectivity index (χ1v) is 6.85. The fraction of sp³-hybridized carbons (Fsp3) is 1.00. The van der Waals surface area contributed by atoms with Gasteiger partial charge in [0.05, 0.1) is 5.75 Å². The predicted molar refractivity (Wildman–Crippen MR) is 63.2 cm³/mol. The van der Waals surface area contributed by atoms with Gasteiger partial charge in [0, 0.05) is 13.1 Å². The molecule has 0 amide bonds. The largest absolute Gasteiger partial charge is 0.286 e. The summed E-state index contributed by atoms with van der Waals surface area (Å²) in [5, 5.41) is 0. The second-order valence-corrected chi connectivity index (χ2v) is 4.73. The zero-order chi connectivity index (χ0) is 11.6. The molecule has 0 unspecified atom stereocenters. The first-order valence-electron chi connectivity index (χ1n) is 4.84. The summed E-state index contributed by atoms with van der Waals surface area (Å²) in [5.74, 6) is -0.250. The van der Waals surface area contributed by atoms with Gasteiger partial charge in [-0.1, -0.05) is 40.0 Å². The van der Waals surface area contributed by atoms with Gasteiger partial charge in [-0.2, -0.15) is 8.42 Å². The minimum Gasteiger partial charge on any atom is -0.286 e. The van der Waals surface area contributed by atoms with Crippen molar-refractivity contribution in [3.05, 3.63) is 0 Å². The van der Waals surface area contributed by atoms with E-state index in [9.17, 15) is 8.42 Å². The third-order valence-electron chi connectivity index (χ3n) is 1.38. The van der Waals surface area contributed by atoms with Gasteiger partial charge in [0.2, 0.25) is 0 Å². The Morgan fingerprint density at radius 3 is 2.14 bits per heavy atom. The standard InChI is InChI=1S/C6H15NO3S2.C2H6/c1-2-3-4-7(11)5-6-12(8,9)10;1-2/h11H,2-6H2,1H3,(H,8,9,10);1-2H3. The summed E-state index contributed by atoms with van der Waals surface area (Å²) in [5.41, 5.74) is 0. The molecule has 1 N–H and O–H groups in total. The lowest BCUT2D eigenvalue weighted by atomic mass is 10.3. The Bertz CT molecular complexity index is 205. The summed E-state index contributed by atoms with van der Waals surface area (Å²) in [4.78, 5) is 0. The first-order chi connectivity index (χ1) is 6.45. The molecule has 0 bridgehead atoms. The average Bonchev–Trinajstić information content (AvgIpc) is 2.13. The molecule has 0 aromatic carbocycles. The second-order valence-electron chi connectivity index (χ2n) is 2.59. The highest BCUT2D eigenvalue weighted by molar-refractivity contribution is 7.85. The van der Waals surface area contributed by atoms with Gasteiger partial charge in [-0.05, 0) is 6.42 Å². The van der Waals surface area contributed by atoms with Gasteiger partial charge in [-0.15, -0.1) is 0 Å². The molecule has 0 aliphatic carbocycles. The Hall–Kier alpha value is 0.220. The number of nitrogens with zero attached hydrogens (tertiary/aromatic N) is 1. The van der Waals surface area contributed by atoms with Gasteiger partial charge in [0.1, 0.15) is 0 Å². The fourth-order valence-electron chi connectivity index (χ4n) is 0.673. The molecule has 0 aliphatic heterocycles. The molecule has 0 rings (SSSR count). The van der Waals surface area contributed by atoms with Crippen LogP contribution in [0.3, 0.4) is 0 Å². The Kier molecular flexibility index (Phi) is 11.6. The molecule has 88 valence electrons. The number of thiol groups is 1. The van der Waals surface area contributed by atoms with Crippen molar-refractivity contribution in [3.63, 3.8) is 0 Å². The lowest BCUT2D eigenvalue weighted by Gasteiger charge is -2.12. The molecule has 0 heterocycles.